The molecule has 0 bridgehead atoms. The van der Waals surface area contributed by atoms with Gasteiger partial charge < -0.3 is 4.98 Å². The molecule has 27 heavy (non-hydrogen) atoms. The van der Waals surface area contributed by atoms with Crippen LogP contribution < -0.4 is 5.56 Å². The third kappa shape index (κ3) is 3.71. The van der Waals surface area contributed by atoms with E-state index in [2.05, 4.69) is 63.4 Å². The standard InChI is InChI=1S/C23H25N3O/c1-3-21-16(2)24-22(25-23(21)27)19-10-8-17(9-11-19)14-26-13-12-18-6-4-5-7-20(18)15-26/h4-11H,3,12-15H2,1-2H3,(H,24,25,27). The Balaban J connectivity index is 1.49. The first-order chi connectivity index (χ1) is 13.1. The number of H-pyrrole nitrogens is 1. The second-order valence-corrected chi connectivity index (χ2v) is 7.26. The van der Waals surface area contributed by atoms with Crippen molar-refractivity contribution in [2.45, 2.75) is 39.8 Å². The van der Waals surface area contributed by atoms with Gasteiger partial charge in [-0.3, -0.25) is 9.69 Å². The minimum atomic E-state index is -0.0314. The summed E-state index contributed by atoms with van der Waals surface area (Å²) < 4.78 is 0. The predicted octanol–water partition coefficient (Wildman–Crippen LogP) is 3.87. The zero-order valence-corrected chi connectivity index (χ0v) is 16.0. The van der Waals surface area contributed by atoms with E-state index >= 15 is 0 Å². The number of aromatic nitrogens is 2. The Bertz CT molecular complexity index is 1000. The van der Waals surface area contributed by atoms with Crippen LogP contribution in [0, 0.1) is 6.92 Å². The lowest BCUT2D eigenvalue weighted by Crippen LogP contribution is -2.29. The van der Waals surface area contributed by atoms with Crippen LogP contribution in [-0.4, -0.2) is 21.4 Å². The van der Waals surface area contributed by atoms with Crippen molar-refractivity contribution in [1.29, 1.82) is 0 Å². The van der Waals surface area contributed by atoms with Gasteiger partial charge in [-0.2, -0.15) is 0 Å². The van der Waals surface area contributed by atoms with Crippen molar-refractivity contribution in [3.63, 3.8) is 0 Å². The molecule has 0 amide bonds. The van der Waals surface area contributed by atoms with Gasteiger partial charge in [0.1, 0.15) is 5.82 Å². The van der Waals surface area contributed by atoms with Crippen molar-refractivity contribution in [1.82, 2.24) is 14.9 Å². The molecule has 138 valence electrons. The average molecular weight is 359 g/mol. The van der Waals surface area contributed by atoms with Gasteiger partial charge in [-0.1, -0.05) is 55.5 Å². The largest absolute Gasteiger partial charge is 0.306 e. The highest BCUT2D eigenvalue weighted by atomic mass is 16.1. The van der Waals surface area contributed by atoms with Crippen molar-refractivity contribution in [2.75, 3.05) is 6.54 Å². The zero-order valence-electron chi connectivity index (χ0n) is 16.0. The fourth-order valence-electron chi connectivity index (χ4n) is 3.88. The maximum Gasteiger partial charge on any atom is 0.254 e. The Morgan fingerprint density at radius 1 is 1.07 bits per heavy atom. The molecule has 1 aliphatic rings. The number of hydrogen-bond acceptors (Lipinski definition) is 3. The van der Waals surface area contributed by atoms with Gasteiger partial charge in [0.15, 0.2) is 0 Å². The van der Waals surface area contributed by atoms with Gasteiger partial charge in [0.05, 0.1) is 0 Å². The molecule has 4 rings (SSSR count). The first-order valence-corrected chi connectivity index (χ1v) is 9.62. The van der Waals surface area contributed by atoms with E-state index in [0.29, 0.717) is 12.2 Å². The van der Waals surface area contributed by atoms with Crippen LogP contribution in [0.1, 0.15) is 34.9 Å². The summed E-state index contributed by atoms with van der Waals surface area (Å²) in [6, 6.07) is 17.1. The second kappa shape index (κ2) is 7.49. The number of aryl methyl sites for hydroxylation is 1. The monoisotopic (exact) mass is 359 g/mol. The Hall–Kier alpha value is -2.72. The summed E-state index contributed by atoms with van der Waals surface area (Å²) >= 11 is 0. The highest BCUT2D eigenvalue weighted by Crippen LogP contribution is 2.21. The molecule has 0 unspecified atom stereocenters. The molecule has 4 nitrogen and oxygen atoms in total. The van der Waals surface area contributed by atoms with Gasteiger partial charge in [-0.05, 0) is 36.5 Å². The van der Waals surface area contributed by atoms with Crippen LogP contribution in [0.3, 0.4) is 0 Å². The summed E-state index contributed by atoms with van der Waals surface area (Å²) in [6.07, 6.45) is 1.81. The molecule has 4 heteroatoms. The molecule has 0 radical (unpaired) electrons. The van der Waals surface area contributed by atoms with Crippen molar-refractivity contribution < 1.29 is 0 Å². The van der Waals surface area contributed by atoms with Crippen LogP contribution in [0.5, 0.6) is 0 Å². The molecule has 0 aliphatic carbocycles. The molecule has 2 aromatic carbocycles. The third-order valence-corrected chi connectivity index (χ3v) is 5.42. The fraction of sp³-hybridized carbons (Fsp3) is 0.304. The first kappa shape index (κ1) is 17.7. The maximum absolute atomic E-state index is 12.2. The number of benzene rings is 2. The van der Waals surface area contributed by atoms with Crippen LogP contribution in [0.2, 0.25) is 0 Å². The normalized spacial score (nSPS) is 14.1. The summed E-state index contributed by atoms with van der Waals surface area (Å²) in [4.78, 5) is 22.2. The smallest absolute Gasteiger partial charge is 0.254 e. The summed E-state index contributed by atoms with van der Waals surface area (Å²) in [5, 5.41) is 0. The molecule has 1 aromatic heterocycles. The highest BCUT2D eigenvalue weighted by molar-refractivity contribution is 5.55. The number of fused-ring (bicyclic) bond motifs is 1. The molecule has 0 spiro atoms. The molecule has 3 aromatic rings. The van der Waals surface area contributed by atoms with E-state index in [-0.39, 0.29) is 5.56 Å². The molecule has 1 aliphatic heterocycles. The number of hydrogen-bond donors (Lipinski definition) is 1. The quantitative estimate of drug-likeness (QED) is 0.769. The molecule has 0 saturated carbocycles. The van der Waals surface area contributed by atoms with Gasteiger partial charge in [0.25, 0.3) is 5.56 Å². The summed E-state index contributed by atoms with van der Waals surface area (Å²) in [5.41, 5.74) is 6.69. The van der Waals surface area contributed by atoms with E-state index in [4.69, 9.17) is 0 Å². The van der Waals surface area contributed by atoms with Crippen molar-refractivity contribution >= 4 is 0 Å². The maximum atomic E-state index is 12.2. The lowest BCUT2D eigenvalue weighted by atomic mass is 9.99. The number of nitrogens with one attached hydrogen (secondary N) is 1. The second-order valence-electron chi connectivity index (χ2n) is 7.26. The van der Waals surface area contributed by atoms with Crippen molar-refractivity contribution in [3.8, 4) is 11.4 Å². The Kier molecular flexibility index (Phi) is 4.90. The first-order valence-electron chi connectivity index (χ1n) is 9.62. The van der Waals surface area contributed by atoms with E-state index in [9.17, 15) is 4.79 Å². The van der Waals surface area contributed by atoms with Crippen molar-refractivity contribution in [2.24, 2.45) is 0 Å². The van der Waals surface area contributed by atoms with Crippen LogP contribution in [0.4, 0.5) is 0 Å². The molecule has 1 N–H and O–H groups in total. The van der Waals surface area contributed by atoms with Crippen LogP contribution in [0.15, 0.2) is 53.3 Å². The summed E-state index contributed by atoms with van der Waals surface area (Å²) in [5.74, 6) is 0.646. The van der Waals surface area contributed by atoms with E-state index in [1.54, 1.807) is 0 Å². The number of nitrogens with zero attached hydrogens (tertiary/aromatic N) is 2. The third-order valence-electron chi connectivity index (χ3n) is 5.42. The fourth-order valence-corrected chi connectivity index (χ4v) is 3.88. The van der Waals surface area contributed by atoms with E-state index in [1.165, 1.54) is 16.7 Å². The molecular formula is C23H25N3O. The Labute approximate surface area is 159 Å². The molecular weight excluding hydrogens is 334 g/mol. The molecule has 0 saturated heterocycles. The molecule has 2 heterocycles. The van der Waals surface area contributed by atoms with Crippen LogP contribution >= 0.6 is 0 Å². The molecule has 0 atom stereocenters. The summed E-state index contributed by atoms with van der Waals surface area (Å²) in [6.45, 7) is 6.91. The topological polar surface area (TPSA) is 49.0 Å². The minimum absolute atomic E-state index is 0.0314. The highest BCUT2D eigenvalue weighted by Gasteiger charge is 2.16. The van der Waals surface area contributed by atoms with E-state index < -0.39 is 0 Å². The number of rotatable bonds is 4. The van der Waals surface area contributed by atoms with Gasteiger partial charge in [0, 0.05) is 36.5 Å². The number of aromatic amines is 1. The summed E-state index contributed by atoms with van der Waals surface area (Å²) in [7, 11) is 0. The van der Waals surface area contributed by atoms with Crippen LogP contribution in [-0.2, 0) is 25.9 Å². The van der Waals surface area contributed by atoms with E-state index in [1.807, 2.05) is 13.8 Å². The van der Waals surface area contributed by atoms with Gasteiger partial charge in [-0.25, -0.2) is 4.98 Å². The van der Waals surface area contributed by atoms with Gasteiger partial charge in [-0.15, -0.1) is 0 Å². The lowest BCUT2D eigenvalue weighted by molar-refractivity contribution is 0.245. The SMILES string of the molecule is CCc1c(C)nc(-c2ccc(CN3CCc4ccccc4C3)cc2)[nH]c1=O. The Morgan fingerprint density at radius 2 is 1.81 bits per heavy atom. The van der Waals surface area contributed by atoms with E-state index in [0.717, 1.165) is 42.9 Å². The lowest BCUT2D eigenvalue weighted by Gasteiger charge is -2.28. The zero-order chi connectivity index (χ0) is 18.8. The predicted molar refractivity (Wildman–Crippen MR) is 109 cm³/mol. The van der Waals surface area contributed by atoms with Gasteiger partial charge >= 0.3 is 0 Å². The Morgan fingerprint density at radius 3 is 2.52 bits per heavy atom. The average Bonchev–Trinajstić information content (AvgIpc) is 2.68. The van der Waals surface area contributed by atoms with Crippen molar-refractivity contribution in [3.05, 3.63) is 86.8 Å². The minimum Gasteiger partial charge on any atom is -0.306 e. The van der Waals surface area contributed by atoms with Gasteiger partial charge in [0.2, 0.25) is 0 Å². The van der Waals surface area contributed by atoms with Crippen LogP contribution in [0.25, 0.3) is 11.4 Å². The molecule has 0 fully saturated rings.